The van der Waals surface area contributed by atoms with Gasteiger partial charge in [-0.1, -0.05) is 60.7 Å². The zero-order chi connectivity index (χ0) is 23.2. The minimum atomic E-state index is -0.541. The molecule has 3 heterocycles. The largest absolute Gasteiger partial charge is 0.454 e. The molecule has 0 aliphatic heterocycles. The van der Waals surface area contributed by atoms with E-state index in [-0.39, 0.29) is 0 Å². The Morgan fingerprint density at radius 1 is 0.735 bits per heavy atom. The summed E-state index contributed by atoms with van der Waals surface area (Å²) >= 11 is 0. The fourth-order valence-corrected chi connectivity index (χ4v) is 4.71. The van der Waals surface area contributed by atoms with Gasteiger partial charge in [-0.2, -0.15) is 4.39 Å². The van der Waals surface area contributed by atoms with Gasteiger partial charge < -0.3 is 4.42 Å². The predicted molar refractivity (Wildman–Crippen MR) is 134 cm³/mol. The molecule has 0 spiro atoms. The summed E-state index contributed by atoms with van der Waals surface area (Å²) in [7, 11) is 2.01. The lowest BCUT2D eigenvalue weighted by Crippen LogP contribution is -2.30. The third-order valence-corrected chi connectivity index (χ3v) is 6.41. The molecule has 0 aliphatic rings. The Kier molecular flexibility index (Phi) is 4.73. The van der Waals surface area contributed by atoms with Crippen molar-refractivity contribution in [1.82, 2.24) is 4.98 Å². The summed E-state index contributed by atoms with van der Waals surface area (Å²) in [6.45, 7) is 2.07. The van der Waals surface area contributed by atoms with Gasteiger partial charge in [0.15, 0.2) is 6.20 Å². The Bertz CT molecular complexity index is 1690. The summed E-state index contributed by atoms with van der Waals surface area (Å²) in [5.74, 6) is -0.541. The maximum atomic E-state index is 15.3. The molecule has 0 fully saturated rings. The topological polar surface area (TPSA) is 29.9 Å². The number of hydrogen-bond donors (Lipinski definition) is 0. The van der Waals surface area contributed by atoms with Crippen LogP contribution in [0.25, 0.3) is 55.4 Å². The molecular formula is C30H22FN2O+. The van der Waals surface area contributed by atoms with Crippen molar-refractivity contribution in [2.45, 2.75) is 6.92 Å². The monoisotopic (exact) mass is 445 g/mol. The van der Waals surface area contributed by atoms with Crippen LogP contribution in [0.5, 0.6) is 0 Å². The smallest absolute Gasteiger partial charge is 0.224 e. The number of hydrogen-bond acceptors (Lipinski definition) is 2. The molecule has 0 aliphatic carbocycles. The number of pyridine rings is 2. The molecular weight excluding hydrogens is 423 g/mol. The fraction of sp³-hybridized carbons (Fsp3) is 0.0667. The Balaban J connectivity index is 1.64. The number of furan rings is 1. The van der Waals surface area contributed by atoms with Gasteiger partial charge in [0.2, 0.25) is 11.6 Å². The molecule has 3 aromatic carbocycles. The second-order valence-electron chi connectivity index (χ2n) is 8.55. The highest BCUT2D eigenvalue weighted by Gasteiger charge is 2.23. The van der Waals surface area contributed by atoms with Gasteiger partial charge in [0.05, 0.1) is 11.1 Å². The summed E-state index contributed by atoms with van der Waals surface area (Å²) in [6.07, 6.45) is 3.59. The first-order chi connectivity index (χ1) is 16.6. The molecule has 6 aromatic rings. The molecule has 0 N–H and O–H groups in total. The van der Waals surface area contributed by atoms with Gasteiger partial charge in [0.1, 0.15) is 18.2 Å². The summed E-state index contributed by atoms with van der Waals surface area (Å²) < 4.78 is 23.8. The van der Waals surface area contributed by atoms with E-state index in [2.05, 4.69) is 28.6 Å². The normalized spacial score (nSPS) is 11.4. The third-order valence-electron chi connectivity index (χ3n) is 6.41. The van der Waals surface area contributed by atoms with Crippen molar-refractivity contribution in [2.75, 3.05) is 0 Å². The van der Waals surface area contributed by atoms with Crippen molar-refractivity contribution < 1.29 is 13.4 Å². The van der Waals surface area contributed by atoms with Gasteiger partial charge >= 0.3 is 0 Å². The van der Waals surface area contributed by atoms with Crippen LogP contribution in [0.2, 0.25) is 0 Å². The summed E-state index contributed by atoms with van der Waals surface area (Å²) in [5.41, 5.74) is 7.58. The number of nitrogens with zero attached hydrogens (tertiary/aromatic N) is 2. The number of benzene rings is 3. The average molecular weight is 446 g/mol. The van der Waals surface area contributed by atoms with E-state index in [1.807, 2.05) is 86.0 Å². The van der Waals surface area contributed by atoms with E-state index in [1.165, 1.54) is 0 Å². The number of halogens is 1. The average Bonchev–Trinajstić information content (AvgIpc) is 3.23. The SMILES string of the molecule is Cc1ccc2c(oc3c(-c4cccc(-c5ccccc5)c4)c(F)ncc32)c1-c1cccc[n+]1C. The van der Waals surface area contributed by atoms with Crippen molar-refractivity contribution in [3.05, 3.63) is 109 Å². The molecule has 34 heavy (non-hydrogen) atoms. The van der Waals surface area contributed by atoms with E-state index < -0.39 is 5.95 Å². The van der Waals surface area contributed by atoms with Crippen LogP contribution in [0.15, 0.2) is 102 Å². The maximum absolute atomic E-state index is 15.3. The van der Waals surface area contributed by atoms with E-state index in [1.54, 1.807) is 6.20 Å². The van der Waals surface area contributed by atoms with Gasteiger partial charge in [0.25, 0.3) is 0 Å². The van der Waals surface area contributed by atoms with E-state index in [0.29, 0.717) is 11.1 Å². The van der Waals surface area contributed by atoms with Crippen LogP contribution in [0.4, 0.5) is 4.39 Å². The highest BCUT2D eigenvalue weighted by atomic mass is 19.1. The van der Waals surface area contributed by atoms with Crippen LogP contribution in [0, 0.1) is 12.9 Å². The first kappa shape index (κ1) is 20.3. The first-order valence-corrected chi connectivity index (χ1v) is 11.2. The van der Waals surface area contributed by atoms with Gasteiger partial charge in [-0.15, -0.1) is 0 Å². The highest BCUT2D eigenvalue weighted by molar-refractivity contribution is 6.12. The van der Waals surface area contributed by atoms with Gasteiger partial charge in [-0.3, -0.25) is 0 Å². The number of aryl methyl sites for hydroxylation is 2. The molecule has 0 amide bonds. The molecule has 6 rings (SSSR count). The maximum Gasteiger partial charge on any atom is 0.224 e. The van der Waals surface area contributed by atoms with E-state index in [9.17, 15) is 0 Å². The van der Waals surface area contributed by atoms with E-state index >= 15 is 4.39 Å². The van der Waals surface area contributed by atoms with Gasteiger partial charge in [-0.25, -0.2) is 9.55 Å². The number of rotatable bonds is 3. The molecule has 0 atom stereocenters. The van der Waals surface area contributed by atoms with Crippen molar-refractivity contribution >= 4 is 21.9 Å². The molecule has 3 aromatic heterocycles. The standard InChI is InChI=1S/C30H22FN2O/c1-19-14-15-23-24-18-32-30(31)27(22-12-8-11-21(17-22)20-9-4-3-5-10-20)29(24)34-28(23)26(19)25-13-6-7-16-33(25)2/h3-18H,1-2H3/q+1. The van der Waals surface area contributed by atoms with Crippen LogP contribution >= 0.6 is 0 Å². The molecule has 0 bridgehead atoms. The van der Waals surface area contributed by atoms with Crippen LogP contribution < -0.4 is 4.57 Å². The molecule has 0 saturated heterocycles. The Morgan fingerprint density at radius 3 is 2.29 bits per heavy atom. The second-order valence-corrected chi connectivity index (χ2v) is 8.55. The summed E-state index contributed by atoms with van der Waals surface area (Å²) in [5, 5.41) is 1.73. The summed E-state index contributed by atoms with van der Waals surface area (Å²) in [4.78, 5) is 4.12. The molecule has 0 saturated carbocycles. The van der Waals surface area contributed by atoms with Crippen molar-refractivity contribution in [2.24, 2.45) is 7.05 Å². The van der Waals surface area contributed by atoms with Crippen LogP contribution in [0.3, 0.4) is 0 Å². The molecule has 164 valence electrons. The van der Waals surface area contributed by atoms with Crippen LogP contribution in [-0.2, 0) is 7.05 Å². The predicted octanol–water partition coefficient (Wildman–Crippen LogP) is 7.25. The van der Waals surface area contributed by atoms with Crippen molar-refractivity contribution in [3.63, 3.8) is 0 Å². The zero-order valence-electron chi connectivity index (χ0n) is 18.9. The minimum Gasteiger partial charge on any atom is -0.454 e. The molecule has 4 heteroatoms. The van der Waals surface area contributed by atoms with E-state index in [0.717, 1.165) is 49.9 Å². The van der Waals surface area contributed by atoms with Crippen molar-refractivity contribution in [1.29, 1.82) is 0 Å². The quantitative estimate of drug-likeness (QED) is 0.212. The lowest BCUT2D eigenvalue weighted by atomic mass is 9.98. The van der Waals surface area contributed by atoms with Gasteiger partial charge in [0, 0.05) is 29.1 Å². The lowest BCUT2D eigenvalue weighted by molar-refractivity contribution is -0.660. The third kappa shape index (κ3) is 3.19. The Morgan fingerprint density at radius 2 is 1.47 bits per heavy atom. The zero-order valence-corrected chi connectivity index (χ0v) is 18.9. The second kappa shape index (κ2) is 7.92. The molecule has 3 nitrogen and oxygen atoms in total. The van der Waals surface area contributed by atoms with Crippen LogP contribution in [0.1, 0.15) is 5.56 Å². The Labute approximate surface area is 196 Å². The minimum absolute atomic E-state index is 0.382. The number of fused-ring (bicyclic) bond motifs is 3. The summed E-state index contributed by atoms with van der Waals surface area (Å²) in [6, 6.07) is 28.1. The van der Waals surface area contributed by atoms with Crippen molar-refractivity contribution in [3.8, 4) is 33.5 Å². The number of aromatic nitrogens is 2. The highest BCUT2D eigenvalue weighted by Crippen LogP contribution is 2.41. The molecule has 0 unspecified atom stereocenters. The fourth-order valence-electron chi connectivity index (χ4n) is 4.71. The van der Waals surface area contributed by atoms with Gasteiger partial charge in [-0.05, 0) is 41.3 Å². The van der Waals surface area contributed by atoms with Crippen LogP contribution in [-0.4, -0.2) is 4.98 Å². The lowest BCUT2D eigenvalue weighted by Gasteiger charge is -2.07. The first-order valence-electron chi connectivity index (χ1n) is 11.2. The Hall–Kier alpha value is -4.31. The molecule has 0 radical (unpaired) electrons. The van der Waals surface area contributed by atoms with E-state index in [4.69, 9.17) is 4.42 Å².